The van der Waals surface area contributed by atoms with Gasteiger partial charge in [0.2, 0.25) is 0 Å². The largest absolute Gasteiger partial charge is 0.457 e. The number of hydrogen-bond donors (Lipinski definition) is 0. The first-order valence-corrected chi connectivity index (χ1v) is 4.95. The van der Waals surface area contributed by atoms with Gasteiger partial charge in [0.15, 0.2) is 0 Å². The van der Waals surface area contributed by atoms with Gasteiger partial charge < -0.3 is 4.42 Å². The summed E-state index contributed by atoms with van der Waals surface area (Å²) in [4.78, 5) is 0. The second kappa shape index (κ2) is 2.76. The summed E-state index contributed by atoms with van der Waals surface area (Å²) < 4.78 is 5.67. The van der Waals surface area contributed by atoms with Gasteiger partial charge in [-0.3, -0.25) is 0 Å². The van der Waals surface area contributed by atoms with Crippen molar-refractivity contribution in [2.24, 2.45) is 0 Å². The molecule has 0 radical (unpaired) electrons. The third-order valence-corrected chi connectivity index (χ3v) is 2.61. The molecule has 0 aliphatic heterocycles. The van der Waals surface area contributed by atoms with E-state index in [0.29, 0.717) is 11.8 Å². The third-order valence-electron chi connectivity index (χ3n) is 2.61. The Hall–Kier alpha value is -0.980. The fourth-order valence-corrected chi connectivity index (χ4v) is 1.79. The lowest BCUT2D eigenvalue weighted by Crippen LogP contribution is -1.88. The minimum absolute atomic E-state index is 0.567. The van der Waals surface area contributed by atoms with Gasteiger partial charge >= 0.3 is 0 Å². The summed E-state index contributed by atoms with van der Waals surface area (Å²) in [6.45, 7) is 8.80. The van der Waals surface area contributed by atoms with Gasteiger partial charge in [0, 0.05) is 11.1 Å². The molecule has 0 unspecified atom stereocenters. The van der Waals surface area contributed by atoms with Crippen molar-refractivity contribution in [3.05, 3.63) is 23.3 Å². The van der Waals surface area contributed by atoms with E-state index in [-0.39, 0.29) is 0 Å². The molecule has 0 N–H and O–H groups in total. The molecule has 2 heterocycles. The molecule has 0 spiro atoms. The van der Waals surface area contributed by atoms with Crippen LogP contribution in [0.4, 0.5) is 0 Å². The Morgan fingerprint density at radius 1 is 0.846 bits per heavy atom. The van der Waals surface area contributed by atoms with Crippen molar-refractivity contribution in [2.45, 2.75) is 39.5 Å². The molecule has 0 saturated carbocycles. The molecule has 70 valence electrons. The highest BCUT2D eigenvalue weighted by atomic mass is 16.3. The normalized spacial score (nSPS) is 12.5. The number of furan rings is 2. The minimum atomic E-state index is 0.567. The van der Waals surface area contributed by atoms with E-state index in [1.807, 2.05) is 0 Å². The molecule has 2 aromatic heterocycles. The number of fused-ring (bicyclic) bond motifs is 2. The molecule has 0 aliphatic carbocycles. The number of benzene rings is 1. The van der Waals surface area contributed by atoms with Gasteiger partial charge in [0.05, 0.1) is 0 Å². The summed E-state index contributed by atoms with van der Waals surface area (Å²) >= 11 is 0. The standard InChI is InChI=1S/C12H16O/c1-7(2)9-5-12-10(8(3)4)6-11(9)13-12/h5-8H,1-4H3. The van der Waals surface area contributed by atoms with Gasteiger partial charge in [-0.05, 0) is 24.0 Å². The van der Waals surface area contributed by atoms with Crippen LogP contribution in [0.5, 0.6) is 0 Å². The summed E-state index contributed by atoms with van der Waals surface area (Å²) in [5, 5.41) is 0. The first kappa shape index (κ1) is 8.61. The highest BCUT2D eigenvalue weighted by Crippen LogP contribution is 2.34. The van der Waals surface area contributed by atoms with E-state index in [9.17, 15) is 0 Å². The molecular formula is C12H16O. The minimum Gasteiger partial charge on any atom is -0.457 e. The van der Waals surface area contributed by atoms with Crippen LogP contribution in [0.15, 0.2) is 16.5 Å². The average molecular weight is 176 g/mol. The smallest absolute Gasteiger partial charge is 0.131 e. The molecule has 0 amide bonds. The van der Waals surface area contributed by atoms with Crippen LogP contribution in [0.3, 0.4) is 0 Å². The van der Waals surface area contributed by atoms with Crippen molar-refractivity contribution < 1.29 is 4.42 Å². The van der Waals surface area contributed by atoms with Crippen molar-refractivity contribution in [2.75, 3.05) is 0 Å². The Morgan fingerprint density at radius 3 is 1.46 bits per heavy atom. The summed E-state index contributed by atoms with van der Waals surface area (Å²) in [6, 6.07) is 4.38. The molecule has 2 bridgehead atoms. The molecule has 0 saturated heterocycles. The summed E-state index contributed by atoms with van der Waals surface area (Å²) in [5.41, 5.74) is 4.85. The lowest BCUT2D eigenvalue weighted by molar-refractivity contribution is 0.664. The second-order valence-electron chi connectivity index (χ2n) is 4.34. The maximum atomic E-state index is 5.67. The van der Waals surface area contributed by atoms with Gasteiger partial charge in [0.1, 0.15) is 11.2 Å². The quantitative estimate of drug-likeness (QED) is 0.671. The van der Waals surface area contributed by atoms with E-state index >= 15 is 0 Å². The van der Waals surface area contributed by atoms with Gasteiger partial charge in [-0.25, -0.2) is 0 Å². The Bertz CT molecular complexity index is 358. The SMILES string of the molecule is CC(C)c1cc2oc1cc2C(C)C. The van der Waals surface area contributed by atoms with Crippen molar-refractivity contribution in [1.82, 2.24) is 0 Å². The average Bonchev–Trinajstić information content (AvgIpc) is 2.60. The monoisotopic (exact) mass is 176 g/mol. The van der Waals surface area contributed by atoms with Crippen molar-refractivity contribution in [3.63, 3.8) is 0 Å². The zero-order chi connectivity index (χ0) is 9.59. The molecule has 1 nitrogen and oxygen atoms in total. The summed E-state index contributed by atoms with van der Waals surface area (Å²) in [7, 11) is 0. The lowest BCUT2D eigenvalue weighted by atomic mass is 9.97. The van der Waals surface area contributed by atoms with Crippen molar-refractivity contribution >= 4 is 11.2 Å². The molecular weight excluding hydrogens is 160 g/mol. The molecule has 0 atom stereocenters. The first-order chi connectivity index (χ1) is 6.09. The Balaban J connectivity index is 2.50. The Labute approximate surface area is 79.1 Å². The van der Waals surface area contributed by atoms with Crippen LogP contribution in [-0.4, -0.2) is 0 Å². The van der Waals surface area contributed by atoms with Crippen LogP contribution >= 0.6 is 0 Å². The van der Waals surface area contributed by atoms with Gasteiger partial charge in [-0.2, -0.15) is 0 Å². The summed E-state index contributed by atoms with van der Waals surface area (Å²) in [5.74, 6) is 1.13. The predicted molar refractivity (Wildman–Crippen MR) is 55.6 cm³/mol. The van der Waals surface area contributed by atoms with Gasteiger partial charge in [-0.1, -0.05) is 27.7 Å². The van der Waals surface area contributed by atoms with Crippen LogP contribution in [0.25, 0.3) is 11.2 Å². The first-order valence-electron chi connectivity index (χ1n) is 4.95. The van der Waals surface area contributed by atoms with E-state index < -0.39 is 0 Å². The van der Waals surface area contributed by atoms with E-state index in [1.54, 1.807) is 0 Å². The highest BCUT2D eigenvalue weighted by Gasteiger charge is 2.16. The molecule has 0 aromatic carbocycles. The van der Waals surface area contributed by atoms with Crippen LogP contribution in [0, 0.1) is 0 Å². The second-order valence-corrected chi connectivity index (χ2v) is 4.34. The van der Waals surface area contributed by atoms with Crippen LogP contribution in [-0.2, 0) is 0 Å². The van der Waals surface area contributed by atoms with Crippen molar-refractivity contribution in [3.8, 4) is 0 Å². The van der Waals surface area contributed by atoms with E-state index in [1.165, 1.54) is 11.1 Å². The Kier molecular flexibility index (Phi) is 1.83. The van der Waals surface area contributed by atoms with E-state index in [2.05, 4.69) is 39.8 Å². The lowest BCUT2D eigenvalue weighted by Gasteiger charge is -2.03. The molecule has 0 fully saturated rings. The maximum absolute atomic E-state index is 5.67. The van der Waals surface area contributed by atoms with Gasteiger partial charge in [0.25, 0.3) is 0 Å². The molecule has 2 rings (SSSR count). The van der Waals surface area contributed by atoms with Crippen molar-refractivity contribution in [1.29, 1.82) is 0 Å². The fourth-order valence-electron chi connectivity index (χ4n) is 1.79. The molecule has 13 heavy (non-hydrogen) atoms. The highest BCUT2D eigenvalue weighted by molar-refractivity contribution is 5.72. The molecule has 1 heteroatoms. The predicted octanol–water partition coefficient (Wildman–Crippen LogP) is 4.12. The molecule has 2 aromatic rings. The van der Waals surface area contributed by atoms with E-state index in [4.69, 9.17) is 4.42 Å². The maximum Gasteiger partial charge on any atom is 0.131 e. The topological polar surface area (TPSA) is 13.1 Å². The summed E-state index contributed by atoms with van der Waals surface area (Å²) in [6.07, 6.45) is 0. The zero-order valence-corrected chi connectivity index (χ0v) is 8.72. The molecule has 0 aliphatic rings. The third kappa shape index (κ3) is 1.23. The van der Waals surface area contributed by atoms with Crippen LogP contribution in [0.2, 0.25) is 0 Å². The van der Waals surface area contributed by atoms with E-state index in [0.717, 1.165) is 11.2 Å². The fraction of sp³-hybridized carbons (Fsp3) is 0.500. The van der Waals surface area contributed by atoms with Crippen LogP contribution in [0.1, 0.15) is 50.7 Å². The zero-order valence-electron chi connectivity index (χ0n) is 8.72. The van der Waals surface area contributed by atoms with Crippen LogP contribution < -0.4 is 0 Å². The Morgan fingerprint density at radius 2 is 1.23 bits per heavy atom. The number of hydrogen-bond acceptors (Lipinski definition) is 1. The number of rotatable bonds is 2. The van der Waals surface area contributed by atoms with Gasteiger partial charge in [-0.15, -0.1) is 0 Å².